The molecule has 0 saturated carbocycles. The number of hydrogen-bond donors (Lipinski definition) is 0. The first-order chi connectivity index (χ1) is 8.49. The molecule has 0 aliphatic carbocycles. The summed E-state index contributed by atoms with van der Waals surface area (Å²) in [5.74, 6) is 0.662. The Bertz CT molecular complexity index is 435. The maximum Gasteiger partial charge on any atom is 0.101 e. The van der Waals surface area contributed by atoms with Gasteiger partial charge in [-0.05, 0) is 37.0 Å². The van der Waals surface area contributed by atoms with Crippen LogP contribution in [0.2, 0.25) is 0 Å². The lowest BCUT2D eigenvalue weighted by atomic mass is 10.0. The highest BCUT2D eigenvalue weighted by Crippen LogP contribution is 2.25. The fourth-order valence-electron chi connectivity index (χ4n) is 2.14. The second-order valence-electron chi connectivity index (χ2n) is 5.19. The molecule has 0 bridgehead atoms. The molecule has 0 saturated heterocycles. The largest absolute Gasteiger partial charge is 0.371 e. The molecule has 0 aliphatic heterocycles. The third-order valence-electron chi connectivity index (χ3n) is 3.19. The summed E-state index contributed by atoms with van der Waals surface area (Å²) < 4.78 is 0. The predicted octanol–water partition coefficient (Wildman–Crippen LogP) is 4.32. The third kappa shape index (κ3) is 3.74. The van der Waals surface area contributed by atoms with Crippen molar-refractivity contribution in [3.05, 3.63) is 29.3 Å². The Labute approximate surface area is 119 Å². The SMILES string of the molecule is CC(C)CC(C)N(C)c1ccc(CBr)cc1C#N. The molecule has 0 spiro atoms. The highest BCUT2D eigenvalue weighted by atomic mass is 79.9. The van der Waals surface area contributed by atoms with Crippen molar-refractivity contribution in [2.45, 2.75) is 38.6 Å². The molecule has 18 heavy (non-hydrogen) atoms. The topological polar surface area (TPSA) is 27.0 Å². The number of hydrogen-bond acceptors (Lipinski definition) is 2. The summed E-state index contributed by atoms with van der Waals surface area (Å²) in [6, 6.07) is 8.82. The summed E-state index contributed by atoms with van der Waals surface area (Å²) in [7, 11) is 2.07. The molecular weight excluding hydrogens is 288 g/mol. The first kappa shape index (κ1) is 15.0. The zero-order valence-corrected chi connectivity index (χ0v) is 13.2. The quantitative estimate of drug-likeness (QED) is 0.757. The van der Waals surface area contributed by atoms with Crippen LogP contribution in [-0.4, -0.2) is 13.1 Å². The fraction of sp³-hybridized carbons (Fsp3) is 0.533. The molecule has 1 aromatic carbocycles. The second-order valence-corrected chi connectivity index (χ2v) is 5.75. The molecule has 0 aromatic heterocycles. The van der Waals surface area contributed by atoms with E-state index in [0.29, 0.717) is 12.0 Å². The Morgan fingerprint density at radius 2 is 2.00 bits per heavy atom. The van der Waals surface area contributed by atoms with Gasteiger partial charge in [0.15, 0.2) is 0 Å². The van der Waals surface area contributed by atoms with Crippen LogP contribution < -0.4 is 4.90 Å². The van der Waals surface area contributed by atoms with Gasteiger partial charge in [-0.15, -0.1) is 0 Å². The minimum absolute atomic E-state index is 0.437. The lowest BCUT2D eigenvalue weighted by Gasteiger charge is -2.29. The van der Waals surface area contributed by atoms with Crippen LogP contribution in [-0.2, 0) is 5.33 Å². The minimum atomic E-state index is 0.437. The average molecular weight is 309 g/mol. The summed E-state index contributed by atoms with van der Waals surface area (Å²) >= 11 is 3.42. The number of nitriles is 1. The predicted molar refractivity (Wildman–Crippen MR) is 81.1 cm³/mol. The van der Waals surface area contributed by atoms with Crippen molar-refractivity contribution in [1.82, 2.24) is 0 Å². The first-order valence-corrected chi connectivity index (χ1v) is 7.43. The van der Waals surface area contributed by atoms with Crippen LogP contribution in [0.3, 0.4) is 0 Å². The van der Waals surface area contributed by atoms with E-state index in [9.17, 15) is 5.26 Å². The van der Waals surface area contributed by atoms with Crippen molar-refractivity contribution in [3.63, 3.8) is 0 Å². The first-order valence-electron chi connectivity index (χ1n) is 6.31. The minimum Gasteiger partial charge on any atom is -0.371 e. The monoisotopic (exact) mass is 308 g/mol. The highest BCUT2D eigenvalue weighted by molar-refractivity contribution is 9.08. The molecule has 1 aromatic rings. The van der Waals surface area contributed by atoms with Gasteiger partial charge in [0.1, 0.15) is 6.07 Å². The average Bonchev–Trinajstić information content (AvgIpc) is 2.36. The van der Waals surface area contributed by atoms with E-state index >= 15 is 0 Å². The van der Waals surface area contributed by atoms with Crippen molar-refractivity contribution < 1.29 is 0 Å². The van der Waals surface area contributed by atoms with Crippen LogP contribution in [0, 0.1) is 17.2 Å². The molecule has 3 heteroatoms. The number of halogens is 1. The summed E-state index contributed by atoms with van der Waals surface area (Å²) in [6.45, 7) is 6.66. The van der Waals surface area contributed by atoms with Crippen LogP contribution in [0.5, 0.6) is 0 Å². The van der Waals surface area contributed by atoms with Gasteiger partial charge in [0.25, 0.3) is 0 Å². The molecule has 0 fully saturated rings. The molecule has 98 valence electrons. The molecule has 0 radical (unpaired) electrons. The summed E-state index contributed by atoms with van der Waals surface area (Å²) in [6.07, 6.45) is 1.13. The van der Waals surface area contributed by atoms with E-state index in [4.69, 9.17) is 0 Å². The Balaban J connectivity index is 2.98. The van der Waals surface area contributed by atoms with Gasteiger partial charge in [-0.1, -0.05) is 35.8 Å². The van der Waals surface area contributed by atoms with Crippen molar-refractivity contribution in [2.24, 2.45) is 5.92 Å². The van der Waals surface area contributed by atoms with E-state index in [2.05, 4.69) is 60.8 Å². The van der Waals surface area contributed by atoms with Crippen molar-refractivity contribution in [2.75, 3.05) is 11.9 Å². The van der Waals surface area contributed by atoms with Gasteiger partial charge in [-0.3, -0.25) is 0 Å². The number of benzene rings is 1. The number of anilines is 1. The maximum atomic E-state index is 9.26. The molecule has 0 amide bonds. The van der Waals surface area contributed by atoms with Crippen LogP contribution in [0.1, 0.15) is 38.3 Å². The number of nitrogens with zero attached hydrogens (tertiary/aromatic N) is 2. The van der Waals surface area contributed by atoms with Crippen LogP contribution >= 0.6 is 15.9 Å². The molecule has 1 atom stereocenters. The van der Waals surface area contributed by atoms with Crippen LogP contribution in [0.25, 0.3) is 0 Å². The second kappa shape index (κ2) is 6.80. The van der Waals surface area contributed by atoms with Crippen LogP contribution in [0.15, 0.2) is 18.2 Å². The lowest BCUT2D eigenvalue weighted by molar-refractivity contribution is 0.504. The van der Waals surface area contributed by atoms with E-state index in [-0.39, 0.29) is 0 Å². The fourth-order valence-corrected chi connectivity index (χ4v) is 2.49. The molecule has 0 heterocycles. The highest BCUT2D eigenvalue weighted by Gasteiger charge is 2.15. The van der Waals surface area contributed by atoms with Gasteiger partial charge in [0.05, 0.1) is 11.3 Å². The standard InChI is InChI=1S/C15H21BrN2/c1-11(2)7-12(3)18(4)15-6-5-13(9-16)8-14(15)10-17/h5-6,8,11-12H,7,9H2,1-4H3. The molecule has 1 rings (SSSR count). The summed E-state index contributed by atoms with van der Waals surface area (Å²) in [4.78, 5) is 2.20. The smallest absolute Gasteiger partial charge is 0.101 e. The van der Waals surface area contributed by atoms with Gasteiger partial charge in [0.2, 0.25) is 0 Å². The zero-order chi connectivity index (χ0) is 13.7. The van der Waals surface area contributed by atoms with Gasteiger partial charge in [-0.2, -0.15) is 5.26 Å². The Morgan fingerprint density at radius 1 is 1.33 bits per heavy atom. The Kier molecular flexibility index (Phi) is 5.68. The van der Waals surface area contributed by atoms with Crippen molar-refractivity contribution in [1.29, 1.82) is 5.26 Å². The normalized spacial score (nSPS) is 12.3. The van der Waals surface area contributed by atoms with Gasteiger partial charge < -0.3 is 4.90 Å². The van der Waals surface area contributed by atoms with Crippen molar-refractivity contribution in [3.8, 4) is 6.07 Å². The summed E-state index contributed by atoms with van der Waals surface area (Å²) in [5, 5.41) is 10.0. The maximum absolute atomic E-state index is 9.26. The molecular formula is C15H21BrN2. The van der Waals surface area contributed by atoms with Crippen LogP contribution in [0.4, 0.5) is 5.69 Å². The lowest BCUT2D eigenvalue weighted by Crippen LogP contribution is -2.30. The molecule has 0 N–H and O–H groups in total. The molecule has 1 unspecified atom stereocenters. The Morgan fingerprint density at radius 3 is 2.50 bits per heavy atom. The number of rotatable bonds is 5. The molecule has 2 nitrogen and oxygen atoms in total. The van der Waals surface area contributed by atoms with E-state index in [1.165, 1.54) is 0 Å². The van der Waals surface area contributed by atoms with Gasteiger partial charge in [0, 0.05) is 18.4 Å². The van der Waals surface area contributed by atoms with E-state index in [1.807, 2.05) is 12.1 Å². The number of alkyl halides is 1. The van der Waals surface area contributed by atoms with Gasteiger partial charge in [-0.25, -0.2) is 0 Å². The van der Waals surface area contributed by atoms with Gasteiger partial charge >= 0.3 is 0 Å². The van der Waals surface area contributed by atoms with Crippen molar-refractivity contribution >= 4 is 21.6 Å². The van der Waals surface area contributed by atoms with E-state index in [1.54, 1.807) is 0 Å². The Hall–Kier alpha value is -1.01. The molecule has 0 aliphatic rings. The van der Waals surface area contributed by atoms with E-state index in [0.717, 1.165) is 28.6 Å². The van der Waals surface area contributed by atoms with E-state index < -0.39 is 0 Å². The zero-order valence-electron chi connectivity index (χ0n) is 11.6. The summed E-state index contributed by atoms with van der Waals surface area (Å²) in [5.41, 5.74) is 2.92. The third-order valence-corrected chi connectivity index (χ3v) is 3.84.